The maximum absolute atomic E-state index is 12.5. The summed E-state index contributed by atoms with van der Waals surface area (Å²) in [5.41, 5.74) is 3.80. The highest BCUT2D eigenvalue weighted by atomic mass is 35.5. The van der Waals surface area contributed by atoms with Gasteiger partial charge in [0.15, 0.2) is 0 Å². The summed E-state index contributed by atoms with van der Waals surface area (Å²) in [6.07, 6.45) is 1.66. The van der Waals surface area contributed by atoms with Gasteiger partial charge in [0.25, 0.3) is 11.1 Å². The smallest absolute Gasteiger partial charge is 0.295 e. The number of thioether (sulfide) groups is 1. The summed E-state index contributed by atoms with van der Waals surface area (Å²) in [6.45, 7) is 4.11. The van der Waals surface area contributed by atoms with Gasteiger partial charge in [-0.15, -0.1) is 0 Å². The molecule has 1 fully saturated rings. The molecule has 2 aromatic rings. The Morgan fingerprint density at radius 3 is 2.68 bits per heavy atom. The Bertz CT molecular complexity index is 879. The maximum Gasteiger partial charge on any atom is 0.295 e. The first-order valence-electron chi connectivity index (χ1n) is 7.77. The van der Waals surface area contributed by atoms with E-state index in [1.165, 1.54) is 4.90 Å². The maximum atomic E-state index is 12.5. The number of nitrogens with one attached hydrogen (secondary N) is 1. The molecule has 0 atom stereocenters. The third kappa shape index (κ3) is 3.89. The Kier molecular flexibility index (Phi) is 5.16. The number of hydrogen-bond donors (Lipinski definition) is 1. The Labute approximate surface area is 155 Å². The van der Waals surface area contributed by atoms with Crippen LogP contribution in [0.4, 0.5) is 10.5 Å². The largest absolute Gasteiger partial charge is 0.367 e. The van der Waals surface area contributed by atoms with Crippen LogP contribution < -0.4 is 5.32 Å². The number of nitrogens with zero attached hydrogens (tertiary/aromatic N) is 1. The van der Waals surface area contributed by atoms with E-state index in [1.807, 2.05) is 50.2 Å². The molecule has 1 aliphatic rings. The van der Waals surface area contributed by atoms with Gasteiger partial charge < -0.3 is 5.32 Å². The van der Waals surface area contributed by atoms with Crippen molar-refractivity contribution in [3.8, 4) is 0 Å². The molecule has 0 aromatic heterocycles. The number of aryl methyl sites for hydroxylation is 2. The molecule has 2 aromatic carbocycles. The Hall–Kier alpha value is -2.24. The molecule has 0 bridgehead atoms. The van der Waals surface area contributed by atoms with Crippen LogP contribution in [0.1, 0.15) is 16.7 Å². The number of carbonyl (C=O) groups is 2. The highest BCUT2D eigenvalue weighted by Crippen LogP contribution is 2.33. The summed E-state index contributed by atoms with van der Waals surface area (Å²) in [5, 5.41) is 3.42. The molecular weight excluding hydrogens is 356 g/mol. The lowest BCUT2D eigenvalue weighted by molar-refractivity contribution is -0.122. The fourth-order valence-electron chi connectivity index (χ4n) is 2.46. The van der Waals surface area contributed by atoms with Crippen LogP contribution in [0.25, 0.3) is 6.08 Å². The third-order valence-corrected chi connectivity index (χ3v) is 5.14. The zero-order valence-electron chi connectivity index (χ0n) is 13.9. The van der Waals surface area contributed by atoms with Crippen molar-refractivity contribution >= 4 is 46.3 Å². The van der Waals surface area contributed by atoms with Crippen molar-refractivity contribution in [1.82, 2.24) is 4.90 Å². The molecule has 25 heavy (non-hydrogen) atoms. The molecule has 2 amide bonds. The van der Waals surface area contributed by atoms with E-state index in [-0.39, 0.29) is 17.8 Å². The molecule has 128 valence electrons. The molecule has 3 rings (SSSR count). The van der Waals surface area contributed by atoms with Crippen LogP contribution in [0.15, 0.2) is 47.4 Å². The van der Waals surface area contributed by atoms with Gasteiger partial charge in [0.2, 0.25) is 0 Å². The molecule has 1 N–H and O–H groups in total. The molecule has 1 aliphatic heterocycles. The van der Waals surface area contributed by atoms with Crippen LogP contribution in [0.5, 0.6) is 0 Å². The van der Waals surface area contributed by atoms with Gasteiger partial charge in [0.1, 0.15) is 0 Å². The molecule has 0 saturated carbocycles. The van der Waals surface area contributed by atoms with E-state index in [2.05, 4.69) is 5.32 Å². The summed E-state index contributed by atoms with van der Waals surface area (Å²) < 4.78 is 0. The predicted molar refractivity (Wildman–Crippen MR) is 104 cm³/mol. The van der Waals surface area contributed by atoms with Crippen LogP contribution in [-0.2, 0) is 4.79 Å². The lowest BCUT2D eigenvalue weighted by Gasteiger charge is -2.16. The highest BCUT2D eigenvalue weighted by Gasteiger charge is 2.34. The van der Waals surface area contributed by atoms with Crippen molar-refractivity contribution in [3.63, 3.8) is 0 Å². The van der Waals surface area contributed by atoms with Crippen LogP contribution >= 0.6 is 23.4 Å². The minimum absolute atomic E-state index is 0.134. The van der Waals surface area contributed by atoms with Crippen molar-refractivity contribution in [2.24, 2.45) is 0 Å². The first-order chi connectivity index (χ1) is 12.0. The fraction of sp³-hybridized carbons (Fsp3) is 0.158. The van der Waals surface area contributed by atoms with E-state index in [0.29, 0.717) is 9.93 Å². The summed E-state index contributed by atoms with van der Waals surface area (Å²) >= 11 is 7.05. The quantitative estimate of drug-likeness (QED) is 0.762. The Morgan fingerprint density at radius 1 is 1.16 bits per heavy atom. The molecule has 6 heteroatoms. The molecule has 1 saturated heterocycles. The number of halogens is 1. The van der Waals surface area contributed by atoms with Gasteiger partial charge >= 0.3 is 0 Å². The van der Waals surface area contributed by atoms with Gasteiger partial charge in [0.05, 0.1) is 11.6 Å². The van der Waals surface area contributed by atoms with Gasteiger partial charge in [-0.1, -0.05) is 41.9 Å². The van der Waals surface area contributed by atoms with Crippen LogP contribution in [0.2, 0.25) is 5.02 Å². The summed E-state index contributed by atoms with van der Waals surface area (Å²) in [6, 6.07) is 13.2. The van der Waals surface area contributed by atoms with Crippen molar-refractivity contribution in [1.29, 1.82) is 0 Å². The summed E-state index contributed by atoms with van der Waals surface area (Å²) in [7, 11) is 0. The second kappa shape index (κ2) is 7.33. The number of rotatable bonds is 4. The van der Waals surface area contributed by atoms with Crippen LogP contribution in [-0.4, -0.2) is 22.7 Å². The van der Waals surface area contributed by atoms with Crippen molar-refractivity contribution in [3.05, 3.63) is 69.1 Å². The molecule has 0 aliphatic carbocycles. The van der Waals surface area contributed by atoms with E-state index in [9.17, 15) is 9.59 Å². The molecule has 1 heterocycles. The van der Waals surface area contributed by atoms with E-state index in [0.717, 1.165) is 34.1 Å². The second-order valence-electron chi connectivity index (χ2n) is 5.78. The highest BCUT2D eigenvalue weighted by molar-refractivity contribution is 8.18. The Balaban J connectivity index is 1.76. The van der Waals surface area contributed by atoms with E-state index < -0.39 is 0 Å². The lowest BCUT2D eigenvalue weighted by atomic mass is 10.1. The monoisotopic (exact) mass is 372 g/mol. The van der Waals surface area contributed by atoms with Gasteiger partial charge in [-0.05, 0) is 60.5 Å². The molecular formula is C19H17ClN2O2S. The SMILES string of the molecule is Cc1ccc(C)c(NCN2C(=O)SC(=Cc3ccccc3Cl)C2=O)c1. The van der Waals surface area contributed by atoms with Gasteiger partial charge in [0, 0.05) is 10.7 Å². The van der Waals surface area contributed by atoms with Crippen molar-refractivity contribution in [2.75, 3.05) is 12.0 Å². The number of amides is 2. The van der Waals surface area contributed by atoms with Gasteiger partial charge in [-0.25, -0.2) is 0 Å². The molecule has 0 spiro atoms. The first-order valence-corrected chi connectivity index (χ1v) is 8.96. The minimum atomic E-state index is -0.312. The topological polar surface area (TPSA) is 49.4 Å². The number of imide groups is 1. The standard InChI is InChI=1S/C19H17ClN2O2S/c1-12-7-8-13(2)16(9-12)21-11-22-18(23)17(25-19(22)24)10-14-5-3-4-6-15(14)20/h3-10,21H,11H2,1-2H3. The average molecular weight is 373 g/mol. The van der Waals surface area contributed by atoms with Gasteiger partial charge in [-0.3, -0.25) is 14.5 Å². The normalized spacial score (nSPS) is 16.0. The number of hydrogen-bond acceptors (Lipinski definition) is 4. The Morgan fingerprint density at radius 2 is 1.92 bits per heavy atom. The zero-order chi connectivity index (χ0) is 18.0. The van der Waals surface area contributed by atoms with Crippen molar-refractivity contribution < 1.29 is 9.59 Å². The number of benzene rings is 2. The van der Waals surface area contributed by atoms with Crippen molar-refractivity contribution in [2.45, 2.75) is 13.8 Å². The molecule has 0 radical (unpaired) electrons. The zero-order valence-corrected chi connectivity index (χ0v) is 15.4. The van der Waals surface area contributed by atoms with E-state index in [1.54, 1.807) is 12.1 Å². The van der Waals surface area contributed by atoms with E-state index >= 15 is 0 Å². The second-order valence-corrected chi connectivity index (χ2v) is 7.18. The fourth-order valence-corrected chi connectivity index (χ4v) is 3.48. The summed E-state index contributed by atoms with van der Waals surface area (Å²) in [5.74, 6) is -0.312. The summed E-state index contributed by atoms with van der Waals surface area (Å²) in [4.78, 5) is 26.3. The average Bonchev–Trinajstić information content (AvgIpc) is 2.84. The number of anilines is 1. The minimum Gasteiger partial charge on any atom is -0.367 e. The lowest BCUT2D eigenvalue weighted by Crippen LogP contribution is -2.33. The van der Waals surface area contributed by atoms with Crippen LogP contribution in [0.3, 0.4) is 0 Å². The number of carbonyl (C=O) groups excluding carboxylic acids is 2. The van der Waals surface area contributed by atoms with Gasteiger partial charge in [-0.2, -0.15) is 0 Å². The molecule has 0 unspecified atom stereocenters. The van der Waals surface area contributed by atoms with E-state index in [4.69, 9.17) is 11.6 Å². The van der Waals surface area contributed by atoms with Crippen LogP contribution in [0, 0.1) is 13.8 Å². The predicted octanol–water partition coefficient (Wildman–Crippen LogP) is 5.06. The first kappa shape index (κ1) is 17.6. The molecule has 4 nitrogen and oxygen atoms in total. The third-order valence-electron chi connectivity index (χ3n) is 3.89.